The maximum absolute atomic E-state index is 13.0. The van der Waals surface area contributed by atoms with Gasteiger partial charge in [0.2, 0.25) is 5.91 Å². The van der Waals surface area contributed by atoms with Crippen molar-refractivity contribution in [2.45, 2.75) is 45.6 Å². The second-order valence-electron chi connectivity index (χ2n) is 7.43. The third-order valence-corrected chi connectivity index (χ3v) is 6.82. The molecule has 29 heavy (non-hydrogen) atoms. The first-order valence-corrected chi connectivity index (χ1v) is 10.6. The first-order valence-electron chi connectivity index (χ1n) is 9.77. The van der Waals surface area contributed by atoms with Crippen LogP contribution in [-0.2, 0) is 11.2 Å². The fourth-order valence-electron chi connectivity index (χ4n) is 4.15. The minimum atomic E-state index is -0.368. The smallest absolute Gasteiger partial charge is 0.266 e. The van der Waals surface area contributed by atoms with Gasteiger partial charge < -0.3 is 9.88 Å². The molecule has 0 spiro atoms. The molecule has 3 heterocycles. The number of pyridine rings is 1. The van der Waals surface area contributed by atoms with E-state index >= 15 is 0 Å². The van der Waals surface area contributed by atoms with E-state index in [1.165, 1.54) is 0 Å². The summed E-state index contributed by atoms with van der Waals surface area (Å²) in [5.74, 6) is 0.0928. The Morgan fingerprint density at radius 1 is 1.38 bits per heavy atom. The number of fused-ring (bicyclic) bond motifs is 1. The summed E-state index contributed by atoms with van der Waals surface area (Å²) in [6.07, 6.45) is 2.76. The third-order valence-electron chi connectivity index (χ3n) is 5.68. The van der Waals surface area contributed by atoms with Crippen molar-refractivity contribution in [1.82, 2.24) is 14.9 Å². The topological polar surface area (TPSA) is 89.8 Å². The molecule has 0 unspecified atom stereocenters. The van der Waals surface area contributed by atoms with E-state index in [2.05, 4.69) is 11.1 Å². The van der Waals surface area contributed by atoms with E-state index in [4.69, 9.17) is 4.98 Å². The lowest BCUT2D eigenvalue weighted by atomic mass is 9.99. The van der Waals surface area contributed by atoms with Crippen LogP contribution < -0.4 is 5.56 Å². The lowest BCUT2D eigenvalue weighted by Crippen LogP contribution is -2.31. The van der Waals surface area contributed by atoms with Gasteiger partial charge in [-0.05, 0) is 56.4 Å². The molecule has 7 heteroatoms. The second-order valence-corrected chi connectivity index (χ2v) is 8.50. The Kier molecular flexibility index (Phi) is 5.20. The zero-order valence-electron chi connectivity index (χ0n) is 16.5. The number of nitriles is 1. The number of hydrogen-bond donors (Lipinski definition) is 1. The van der Waals surface area contributed by atoms with E-state index in [1.54, 1.807) is 18.3 Å². The summed E-state index contributed by atoms with van der Waals surface area (Å²) in [7, 11) is 0. The van der Waals surface area contributed by atoms with Crippen LogP contribution in [0.4, 0.5) is 0 Å². The van der Waals surface area contributed by atoms with Crippen LogP contribution in [0.5, 0.6) is 0 Å². The van der Waals surface area contributed by atoms with Gasteiger partial charge in [0, 0.05) is 18.7 Å². The zero-order chi connectivity index (χ0) is 20.5. The molecule has 1 atom stereocenters. The van der Waals surface area contributed by atoms with Crippen molar-refractivity contribution in [2.24, 2.45) is 0 Å². The fraction of sp³-hybridized carbons (Fsp3) is 0.364. The van der Waals surface area contributed by atoms with Crippen molar-refractivity contribution >= 4 is 27.5 Å². The molecule has 2 aromatic heterocycles. The number of hydrogen-bond acceptors (Lipinski definition) is 5. The quantitative estimate of drug-likeness (QED) is 0.714. The molecule has 1 aromatic carbocycles. The van der Waals surface area contributed by atoms with Crippen molar-refractivity contribution < 1.29 is 4.79 Å². The van der Waals surface area contributed by atoms with Gasteiger partial charge in [-0.15, -0.1) is 11.3 Å². The Morgan fingerprint density at radius 3 is 2.93 bits per heavy atom. The highest BCUT2D eigenvalue weighted by atomic mass is 32.1. The number of aryl methyl sites for hydroxylation is 1. The number of amides is 1. The van der Waals surface area contributed by atoms with Crippen molar-refractivity contribution in [3.05, 3.63) is 62.0 Å². The van der Waals surface area contributed by atoms with Crippen LogP contribution in [0, 0.1) is 25.2 Å². The number of likely N-dealkylation sites (tertiary alicyclic amines) is 1. The van der Waals surface area contributed by atoms with Gasteiger partial charge in [0.25, 0.3) is 5.56 Å². The number of nitrogens with zero attached hydrogens (tertiary/aromatic N) is 3. The molecule has 148 valence electrons. The first kappa shape index (κ1) is 19.3. The third kappa shape index (κ3) is 3.56. The summed E-state index contributed by atoms with van der Waals surface area (Å²) in [6.45, 7) is 4.34. The predicted octanol–water partition coefficient (Wildman–Crippen LogP) is 3.77. The summed E-state index contributed by atoms with van der Waals surface area (Å²) < 4.78 is 1.14. The molecule has 1 N–H and O–H groups in total. The van der Waals surface area contributed by atoms with E-state index in [9.17, 15) is 14.9 Å². The molecular weight excluding hydrogens is 384 g/mol. The van der Waals surface area contributed by atoms with Crippen molar-refractivity contribution in [3.63, 3.8) is 0 Å². The summed E-state index contributed by atoms with van der Waals surface area (Å²) >= 11 is 1.66. The van der Waals surface area contributed by atoms with Gasteiger partial charge in [0.15, 0.2) is 0 Å². The molecule has 0 saturated carbocycles. The molecule has 4 rings (SSSR count). The number of H-pyrrole nitrogens is 1. The first-order chi connectivity index (χ1) is 14.0. The van der Waals surface area contributed by atoms with Gasteiger partial charge in [-0.25, -0.2) is 4.98 Å². The second kappa shape index (κ2) is 7.80. The zero-order valence-corrected chi connectivity index (χ0v) is 17.3. The lowest BCUT2D eigenvalue weighted by Gasteiger charge is -2.23. The highest BCUT2D eigenvalue weighted by Gasteiger charge is 2.32. The van der Waals surface area contributed by atoms with E-state index in [0.29, 0.717) is 18.4 Å². The Balaban J connectivity index is 1.53. The summed E-state index contributed by atoms with van der Waals surface area (Å²) in [6, 6.07) is 10.1. The molecule has 0 bridgehead atoms. The number of benzene rings is 1. The predicted molar refractivity (Wildman–Crippen MR) is 113 cm³/mol. The number of aromatic nitrogens is 2. The number of carbonyl (C=O) groups excluding carboxylic acids is 1. The number of thiazole rings is 1. The monoisotopic (exact) mass is 406 g/mol. The lowest BCUT2D eigenvalue weighted by molar-refractivity contribution is -0.132. The van der Waals surface area contributed by atoms with Crippen LogP contribution >= 0.6 is 11.3 Å². The molecule has 1 saturated heterocycles. The van der Waals surface area contributed by atoms with Crippen molar-refractivity contribution in [1.29, 1.82) is 5.26 Å². The number of rotatable bonds is 4. The Hall–Kier alpha value is -2.98. The standard InChI is InChI=1S/C22H22N4O2S/c1-13-15(14(2)24-21(28)16(13)12-23)9-10-20(27)26-11-5-7-18(26)22-25-17-6-3-4-8-19(17)29-22/h3-4,6,8,18H,5,7,9-11H2,1-2H3,(H,24,28)/t18-/m1/s1. The minimum Gasteiger partial charge on any atom is -0.333 e. The molecule has 1 fully saturated rings. The minimum absolute atomic E-state index is 0.0346. The average molecular weight is 407 g/mol. The Labute approximate surface area is 172 Å². The van der Waals surface area contributed by atoms with Crippen LogP contribution in [0.3, 0.4) is 0 Å². The van der Waals surface area contributed by atoms with Crippen LogP contribution in [0.2, 0.25) is 0 Å². The molecule has 0 radical (unpaired) electrons. The summed E-state index contributed by atoms with van der Waals surface area (Å²) in [5, 5.41) is 10.2. The van der Waals surface area contributed by atoms with Gasteiger partial charge in [0.05, 0.1) is 16.3 Å². The number of para-hydroxylation sites is 1. The largest absolute Gasteiger partial charge is 0.333 e. The SMILES string of the molecule is Cc1[nH]c(=O)c(C#N)c(C)c1CCC(=O)N1CCC[C@@H]1c1nc2ccccc2s1. The maximum atomic E-state index is 13.0. The normalized spacial score (nSPS) is 16.3. The summed E-state index contributed by atoms with van der Waals surface area (Å²) in [5.41, 5.74) is 3.02. The van der Waals surface area contributed by atoms with Crippen LogP contribution in [0.15, 0.2) is 29.1 Å². The number of aromatic amines is 1. The molecule has 1 amide bonds. The number of carbonyl (C=O) groups is 1. The van der Waals surface area contributed by atoms with Crippen molar-refractivity contribution in [2.75, 3.05) is 6.54 Å². The van der Waals surface area contributed by atoms with Gasteiger partial charge in [0.1, 0.15) is 16.6 Å². The van der Waals surface area contributed by atoms with Crippen LogP contribution in [0.1, 0.15) is 52.7 Å². The fourth-order valence-corrected chi connectivity index (χ4v) is 5.27. The van der Waals surface area contributed by atoms with E-state index in [1.807, 2.05) is 36.1 Å². The van der Waals surface area contributed by atoms with Gasteiger partial charge in [-0.3, -0.25) is 9.59 Å². The highest BCUT2D eigenvalue weighted by Crippen LogP contribution is 2.36. The maximum Gasteiger partial charge on any atom is 0.266 e. The van der Waals surface area contributed by atoms with Gasteiger partial charge >= 0.3 is 0 Å². The molecule has 6 nitrogen and oxygen atoms in total. The molecule has 3 aromatic rings. The average Bonchev–Trinajstić information content (AvgIpc) is 3.34. The molecule has 0 aliphatic carbocycles. The van der Waals surface area contributed by atoms with E-state index in [-0.39, 0.29) is 23.1 Å². The van der Waals surface area contributed by atoms with Crippen molar-refractivity contribution in [3.8, 4) is 6.07 Å². The Morgan fingerprint density at radius 2 is 2.17 bits per heavy atom. The highest BCUT2D eigenvalue weighted by molar-refractivity contribution is 7.18. The van der Waals surface area contributed by atoms with Gasteiger partial charge in [-0.2, -0.15) is 5.26 Å². The van der Waals surface area contributed by atoms with Gasteiger partial charge in [-0.1, -0.05) is 12.1 Å². The molecule has 1 aliphatic rings. The molecule has 1 aliphatic heterocycles. The van der Waals surface area contributed by atoms with Crippen LogP contribution in [0.25, 0.3) is 10.2 Å². The number of nitrogens with one attached hydrogen (secondary N) is 1. The summed E-state index contributed by atoms with van der Waals surface area (Å²) in [4.78, 5) is 34.4. The molecular formula is C22H22N4O2S. The Bertz CT molecular complexity index is 1150. The van der Waals surface area contributed by atoms with Crippen LogP contribution in [-0.4, -0.2) is 27.3 Å². The van der Waals surface area contributed by atoms with E-state index < -0.39 is 0 Å². The van der Waals surface area contributed by atoms with E-state index in [0.717, 1.165) is 45.9 Å².